The van der Waals surface area contributed by atoms with Crippen LogP contribution in [0.3, 0.4) is 0 Å². The molecule has 0 saturated carbocycles. The summed E-state index contributed by atoms with van der Waals surface area (Å²) in [7, 11) is 11.4. The number of methoxy groups -OCH3 is 1. The van der Waals surface area contributed by atoms with E-state index in [0.717, 1.165) is 69.8 Å². The average molecular weight is 591 g/mol. The van der Waals surface area contributed by atoms with E-state index >= 15 is 0 Å². The summed E-state index contributed by atoms with van der Waals surface area (Å²) in [5, 5.41) is 9.20. The minimum Gasteiger partial charge on any atom is -0.496 e. The van der Waals surface area contributed by atoms with Crippen LogP contribution in [0.25, 0.3) is 33.6 Å². The molecule has 44 heavy (non-hydrogen) atoms. The lowest BCUT2D eigenvalue weighted by Gasteiger charge is -2.20. The van der Waals surface area contributed by atoms with Gasteiger partial charge in [-0.3, -0.25) is 14.2 Å². The summed E-state index contributed by atoms with van der Waals surface area (Å²) in [6, 6.07) is 14.2. The van der Waals surface area contributed by atoms with Crippen molar-refractivity contribution in [2.24, 2.45) is 14.1 Å². The molecule has 0 spiro atoms. The maximum absolute atomic E-state index is 13.0. The van der Waals surface area contributed by atoms with Crippen LogP contribution in [0.15, 0.2) is 61.1 Å². The molecule has 0 unspecified atom stereocenters. The molecule has 1 aliphatic carbocycles. The molecular weight excluding hydrogens is 552 g/mol. The number of hydrogen-bond acceptors (Lipinski definition) is 7. The number of carbonyl (C=O) groups is 1. The average Bonchev–Trinajstić information content (AvgIpc) is 3.62. The number of nitrogens with zero attached hydrogens (tertiary/aromatic N) is 8. The molecule has 0 atom stereocenters. The standard InChI is InChI=1S/C34H38N8O2/c1-39(2)15-16-40(3)34(43)25-12-11-24(29(17-25)44-6)18-30-35-19-26-13-14-28-31(32(26)37-30)33(42(5)38-28)23-9-7-22(8-10-23)27-20-36-41(4)21-27/h7-12,17,19-21H,13-16,18H2,1-6H3. The smallest absolute Gasteiger partial charge is 0.253 e. The second-order valence-electron chi connectivity index (χ2n) is 11.7. The Labute approximate surface area is 257 Å². The third kappa shape index (κ3) is 5.72. The third-order valence-corrected chi connectivity index (χ3v) is 8.21. The fraction of sp³-hybridized carbons (Fsp3) is 0.324. The molecule has 1 amide bonds. The third-order valence-electron chi connectivity index (χ3n) is 8.21. The molecular formula is C34H38N8O2. The van der Waals surface area contributed by atoms with Crippen LogP contribution >= 0.6 is 0 Å². The number of benzene rings is 2. The first-order valence-electron chi connectivity index (χ1n) is 14.8. The van der Waals surface area contributed by atoms with Crippen molar-refractivity contribution in [3.8, 4) is 39.4 Å². The number of rotatable bonds is 9. The van der Waals surface area contributed by atoms with Gasteiger partial charge < -0.3 is 14.5 Å². The molecule has 0 bridgehead atoms. The highest BCUT2D eigenvalue weighted by Crippen LogP contribution is 2.40. The number of hydrogen-bond donors (Lipinski definition) is 0. The predicted octanol–water partition coefficient (Wildman–Crippen LogP) is 4.28. The zero-order valence-corrected chi connectivity index (χ0v) is 26.2. The van der Waals surface area contributed by atoms with Gasteiger partial charge in [-0.05, 0) is 50.2 Å². The van der Waals surface area contributed by atoms with Crippen LogP contribution in [0.2, 0.25) is 0 Å². The molecule has 0 N–H and O–H groups in total. The second-order valence-corrected chi connectivity index (χ2v) is 11.7. The molecule has 0 saturated heterocycles. The van der Waals surface area contributed by atoms with Crippen LogP contribution < -0.4 is 4.74 Å². The van der Waals surface area contributed by atoms with E-state index in [-0.39, 0.29) is 5.91 Å². The number of ether oxygens (including phenoxy) is 1. The van der Waals surface area contributed by atoms with E-state index in [1.807, 2.05) is 81.4 Å². The monoisotopic (exact) mass is 590 g/mol. The summed E-state index contributed by atoms with van der Waals surface area (Å²) in [6.45, 7) is 1.44. The van der Waals surface area contributed by atoms with Crippen LogP contribution in [0.4, 0.5) is 0 Å². The summed E-state index contributed by atoms with van der Waals surface area (Å²) < 4.78 is 9.50. The van der Waals surface area contributed by atoms with Gasteiger partial charge >= 0.3 is 0 Å². The first kappa shape index (κ1) is 29.3. The van der Waals surface area contributed by atoms with Crippen molar-refractivity contribution in [3.05, 3.63) is 89.3 Å². The fourth-order valence-electron chi connectivity index (χ4n) is 5.77. The quantitative estimate of drug-likeness (QED) is 0.253. The molecule has 0 radical (unpaired) electrons. The Morgan fingerprint density at radius 2 is 1.73 bits per heavy atom. The zero-order chi connectivity index (χ0) is 31.0. The molecule has 5 aromatic rings. The zero-order valence-electron chi connectivity index (χ0n) is 26.2. The van der Waals surface area contributed by atoms with E-state index in [2.05, 4.69) is 34.3 Å². The SMILES string of the molecule is COc1cc(C(=O)N(C)CCN(C)C)ccc1Cc1ncc2c(n1)-c1c(nn(C)c1-c1ccc(-c3cnn(C)c3)cc1)CC2. The van der Waals surface area contributed by atoms with Crippen molar-refractivity contribution in [3.63, 3.8) is 0 Å². The number of likely N-dealkylation sites (N-methyl/N-ethyl adjacent to an activating group) is 2. The Bertz CT molecular complexity index is 1820. The molecule has 10 heteroatoms. The Morgan fingerprint density at radius 1 is 0.955 bits per heavy atom. The number of aromatic nitrogens is 6. The normalized spacial score (nSPS) is 12.2. The van der Waals surface area contributed by atoms with E-state index in [1.54, 1.807) is 12.0 Å². The fourth-order valence-corrected chi connectivity index (χ4v) is 5.77. The van der Waals surface area contributed by atoms with Gasteiger partial charge in [-0.25, -0.2) is 9.97 Å². The van der Waals surface area contributed by atoms with E-state index in [4.69, 9.17) is 19.8 Å². The van der Waals surface area contributed by atoms with Gasteiger partial charge in [0.2, 0.25) is 0 Å². The lowest BCUT2D eigenvalue weighted by Crippen LogP contribution is -2.33. The summed E-state index contributed by atoms with van der Waals surface area (Å²) in [5.41, 5.74) is 10.0. The van der Waals surface area contributed by atoms with Crippen LogP contribution in [-0.4, -0.2) is 86.6 Å². The van der Waals surface area contributed by atoms with Gasteiger partial charge in [-0.2, -0.15) is 10.2 Å². The highest BCUT2D eigenvalue weighted by atomic mass is 16.5. The molecule has 0 fully saturated rings. The van der Waals surface area contributed by atoms with Crippen molar-refractivity contribution in [1.29, 1.82) is 0 Å². The first-order chi connectivity index (χ1) is 21.2. The minimum absolute atomic E-state index is 0.0353. The number of amides is 1. The summed E-state index contributed by atoms with van der Waals surface area (Å²) >= 11 is 0. The first-order valence-corrected chi connectivity index (χ1v) is 14.8. The molecule has 3 aromatic heterocycles. The summed E-state index contributed by atoms with van der Waals surface area (Å²) in [4.78, 5) is 26.7. The second kappa shape index (κ2) is 12.0. The molecule has 6 rings (SSSR count). The Kier molecular flexibility index (Phi) is 8.01. The van der Waals surface area contributed by atoms with E-state index in [1.165, 1.54) is 0 Å². The van der Waals surface area contributed by atoms with E-state index < -0.39 is 0 Å². The van der Waals surface area contributed by atoms with Crippen LogP contribution in [-0.2, 0) is 33.4 Å². The number of aryl methyl sites for hydroxylation is 4. The van der Waals surface area contributed by atoms with Crippen molar-refractivity contribution in [1.82, 2.24) is 39.3 Å². The summed E-state index contributed by atoms with van der Waals surface area (Å²) in [5.74, 6) is 1.31. The van der Waals surface area contributed by atoms with E-state index in [9.17, 15) is 4.79 Å². The molecule has 10 nitrogen and oxygen atoms in total. The lowest BCUT2D eigenvalue weighted by molar-refractivity contribution is 0.0786. The van der Waals surface area contributed by atoms with Crippen LogP contribution in [0.5, 0.6) is 5.75 Å². The molecule has 0 aliphatic heterocycles. The maximum Gasteiger partial charge on any atom is 0.253 e. The summed E-state index contributed by atoms with van der Waals surface area (Å²) in [6.07, 6.45) is 8.01. The molecule has 3 heterocycles. The maximum atomic E-state index is 13.0. The number of carbonyl (C=O) groups excluding carboxylic acids is 1. The van der Waals surface area contributed by atoms with Crippen molar-refractivity contribution in [2.45, 2.75) is 19.3 Å². The highest BCUT2D eigenvalue weighted by molar-refractivity contribution is 5.94. The van der Waals surface area contributed by atoms with Gasteiger partial charge in [0, 0.05) is 80.9 Å². The van der Waals surface area contributed by atoms with Crippen molar-refractivity contribution in [2.75, 3.05) is 41.3 Å². The van der Waals surface area contributed by atoms with Crippen LogP contribution in [0, 0.1) is 0 Å². The Balaban J connectivity index is 1.29. The predicted molar refractivity (Wildman–Crippen MR) is 171 cm³/mol. The van der Waals surface area contributed by atoms with Gasteiger partial charge in [0.15, 0.2) is 0 Å². The van der Waals surface area contributed by atoms with Crippen LogP contribution in [0.1, 0.15) is 33.0 Å². The Morgan fingerprint density at radius 3 is 2.43 bits per heavy atom. The van der Waals surface area contributed by atoms with Gasteiger partial charge in [0.05, 0.1) is 30.4 Å². The topological polar surface area (TPSA) is 94.2 Å². The van der Waals surface area contributed by atoms with Gasteiger partial charge in [-0.1, -0.05) is 30.3 Å². The number of fused-ring (bicyclic) bond motifs is 3. The van der Waals surface area contributed by atoms with Gasteiger partial charge in [0.1, 0.15) is 11.6 Å². The molecule has 1 aliphatic rings. The van der Waals surface area contributed by atoms with Crippen molar-refractivity contribution >= 4 is 5.91 Å². The highest BCUT2D eigenvalue weighted by Gasteiger charge is 2.27. The minimum atomic E-state index is -0.0353. The van der Waals surface area contributed by atoms with E-state index in [0.29, 0.717) is 30.1 Å². The molecule has 2 aromatic carbocycles. The largest absolute Gasteiger partial charge is 0.496 e. The van der Waals surface area contributed by atoms with Gasteiger partial charge in [-0.15, -0.1) is 0 Å². The van der Waals surface area contributed by atoms with Crippen molar-refractivity contribution < 1.29 is 9.53 Å². The Hall–Kier alpha value is -4.83. The molecule has 226 valence electrons. The van der Waals surface area contributed by atoms with Gasteiger partial charge in [0.25, 0.3) is 5.91 Å². The lowest BCUT2D eigenvalue weighted by atomic mass is 9.91.